The summed E-state index contributed by atoms with van der Waals surface area (Å²) in [5.41, 5.74) is 4.66. The average Bonchev–Trinajstić information content (AvgIpc) is 2.35. The number of carboxylic acids is 1. The molecule has 0 aliphatic heterocycles. The van der Waals surface area contributed by atoms with Gasteiger partial charge in [0.25, 0.3) is 0 Å². The first-order valence-corrected chi connectivity index (χ1v) is 3.40. The fourth-order valence-corrected chi connectivity index (χ4v) is 1.51. The summed E-state index contributed by atoms with van der Waals surface area (Å²) in [6.45, 7) is 4.14. The van der Waals surface area contributed by atoms with Crippen LogP contribution in [0.4, 0.5) is 0 Å². The van der Waals surface area contributed by atoms with Gasteiger partial charge in [-0.1, -0.05) is 13.8 Å². The number of aliphatic carboxylic acids is 1. The van der Waals surface area contributed by atoms with Crippen LogP contribution in [0.15, 0.2) is 0 Å². The predicted molar refractivity (Wildman–Crippen MR) is 37.5 cm³/mol. The number of carbonyl (C=O) groups is 1. The van der Waals surface area contributed by atoms with Crippen molar-refractivity contribution in [3.05, 3.63) is 0 Å². The van der Waals surface area contributed by atoms with Crippen molar-refractivity contribution in [2.24, 2.45) is 16.6 Å². The van der Waals surface area contributed by atoms with Gasteiger partial charge in [-0.15, -0.1) is 0 Å². The van der Waals surface area contributed by atoms with Crippen LogP contribution < -0.4 is 5.73 Å². The third-order valence-corrected chi connectivity index (χ3v) is 2.67. The summed E-state index contributed by atoms with van der Waals surface area (Å²) in [5, 5.41) is 8.76. The molecule has 1 atom stereocenters. The Morgan fingerprint density at radius 1 is 1.70 bits per heavy atom. The van der Waals surface area contributed by atoms with Gasteiger partial charge in [0.05, 0.1) is 5.41 Å². The maximum Gasteiger partial charge on any atom is 0.311 e. The number of hydrogen-bond donors (Lipinski definition) is 2. The fourth-order valence-electron chi connectivity index (χ4n) is 1.51. The Bertz CT molecular complexity index is 176. The molecule has 3 heteroatoms. The third-order valence-electron chi connectivity index (χ3n) is 2.67. The van der Waals surface area contributed by atoms with Crippen LogP contribution >= 0.6 is 0 Å². The molecule has 0 bridgehead atoms. The molecule has 0 saturated heterocycles. The Balaban J connectivity index is 2.78. The summed E-state index contributed by atoms with van der Waals surface area (Å²) in [7, 11) is 0. The van der Waals surface area contributed by atoms with E-state index in [1.165, 1.54) is 0 Å². The van der Waals surface area contributed by atoms with Gasteiger partial charge in [-0.3, -0.25) is 4.79 Å². The zero-order valence-electron chi connectivity index (χ0n) is 6.35. The van der Waals surface area contributed by atoms with Crippen molar-refractivity contribution in [1.29, 1.82) is 0 Å². The van der Waals surface area contributed by atoms with E-state index < -0.39 is 11.4 Å². The first-order chi connectivity index (χ1) is 4.46. The molecular weight excluding hydrogens is 130 g/mol. The lowest BCUT2D eigenvalue weighted by atomic mass is 9.96. The Labute approximate surface area is 60.2 Å². The van der Waals surface area contributed by atoms with Crippen molar-refractivity contribution >= 4 is 5.97 Å². The summed E-state index contributed by atoms with van der Waals surface area (Å²) in [5.74, 6) is -0.750. The summed E-state index contributed by atoms with van der Waals surface area (Å²) in [4.78, 5) is 10.7. The minimum absolute atomic E-state index is 0.0897. The second-order valence-electron chi connectivity index (χ2n) is 3.65. The standard InChI is InChI=1S/C7H13NO2/c1-6(2)3-7(6,4-8)5(9)10/h3-4,8H2,1-2H3,(H,9,10)/t7-/m0/s1. The molecule has 0 spiro atoms. The van der Waals surface area contributed by atoms with E-state index in [1.807, 2.05) is 13.8 Å². The molecule has 1 fully saturated rings. The van der Waals surface area contributed by atoms with E-state index in [0.717, 1.165) is 0 Å². The molecule has 0 amide bonds. The highest BCUT2D eigenvalue weighted by Crippen LogP contribution is 2.62. The van der Waals surface area contributed by atoms with E-state index in [9.17, 15) is 4.79 Å². The maximum absolute atomic E-state index is 10.7. The van der Waals surface area contributed by atoms with Gasteiger partial charge in [-0.25, -0.2) is 0 Å². The quantitative estimate of drug-likeness (QED) is 0.589. The Morgan fingerprint density at radius 3 is 2.10 bits per heavy atom. The molecule has 1 aliphatic rings. The molecule has 0 heterocycles. The zero-order valence-corrected chi connectivity index (χ0v) is 6.35. The van der Waals surface area contributed by atoms with Gasteiger partial charge in [-0.2, -0.15) is 0 Å². The third kappa shape index (κ3) is 0.669. The summed E-state index contributed by atoms with van der Waals surface area (Å²) < 4.78 is 0. The van der Waals surface area contributed by atoms with E-state index in [0.29, 0.717) is 6.42 Å². The monoisotopic (exact) mass is 143 g/mol. The second-order valence-corrected chi connectivity index (χ2v) is 3.65. The average molecular weight is 143 g/mol. The molecule has 58 valence electrons. The number of hydrogen-bond acceptors (Lipinski definition) is 2. The second kappa shape index (κ2) is 1.72. The lowest BCUT2D eigenvalue weighted by Gasteiger charge is -2.11. The topological polar surface area (TPSA) is 63.3 Å². The minimum Gasteiger partial charge on any atom is -0.481 e. The molecule has 1 aliphatic carbocycles. The van der Waals surface area contributed by atoms with Crippen LogP contribution in [0.3, 0.4) is 0 Å². The van der Waals surface area contributed by atoms with Gasteiger partial charge in [0.1, 0.15) is 0 Å². The Morgan fingerprint density at radius 2 is 2.10 bits per heavy atom. The molecule has 1 rings (SSSR count). The van der Waals surface area contributed by atoms with Crippen LogP contribution in [0.25, 0.3) is 0 Å². The zero-order chi connectivity index (χ0) is 7.99. The van der Waals surface area contributed by atoms with E-state index in [2.05, 4.69) is 0 Å². The van der Waals surface area contributed by atoms with Gasteiger partial charge in [0.2, 0.25) is 0 Å². The lowest BCUT2D eigenvalue weighted by Crippen LogP contribution is -2.29. The highest BCUT2D eigenvalue weighted by molar-refractivity contribution is 5.80. The number of nitrogens with two attached hydrogens (primary N) is 1. The predicted octanol–water partition coefficient (Wildman–Crippen LogP) is 0.446. The van der Waals surface area contributed by atoms with E-state index in [1.54, 1.807) is 0 Å². The van der Waals surface area contributed by atoms with Gasteiger partial charge in [0.15, 0.2) is 0 Å². The van der Waals surface area contributed by atoms with Crippen molar-refractivity contribution in [3.8, 4) is 0 Å². The van der Waals surface area contributed by atoms with Crippen molar-refractivity contribution in [2.45, 2.75) is 20.3 Å². The van der Waals surface area contributed by atoms with Crippen LogP contribution in [0.5, 0.6) is 0 Å². The van der Waals surface area contributed by atoms with Crippen LogP contribution in [0.1, 0.15) is 20.3 Å². The van der Waals surface area contributed by atoms with Crippen molar-refractivity contribution < 1.29 is 9.90 Å². The molecule has 0 aromatic carbocycles. The van der Waals surface area contributed by atoms with Gasteiger partial charge in [0, 0.05) is 6.54 Å². The molecule has 10 heavy (non-hydrogen) atoms. The minimum atomic E-state index is -0.750. The van der Waals surface area contributed by atoms with Gasteiger partial charge >= 0.3 is 5.97 Å². The normalized spacial score (nSPS) is 35.5. The van der Waals surface area contributed by atoms with E-state index >= 15 is 0 Å². The molecule has 1 saturated carbocycles. The molecule has 0 unspecified atom stereocenters. The first-order valence-electron chi connectivity index (χ1n) is 3.40. The van der Waals surface area contributed by atoms with Crippen LogP contribution in [0, 0.1) is 10.8 Å². The Kier molecular flexibility index (Phi) is 1.30. The van der Waals surface area contributed by atoms with Gasteiger partial charge < -0.3 is 10.8 Å². The van der Waals surface area contributed by atoms with Crippen LogP contribution in [0.2, 0.25) is 0 Å². The smallest absolute Gasteiger partial charge is 0.311 e. The van der Waals surface area contributed by atoms with Gasteiger partial charge in [-0.05, 0) is 11.8 Å². The first kappa shape index (κ1) is 7.54. The lowest BCUT2D eigenvalue weighted by molar-refractivity contribution is -0.144. The van der Waals surface area contributed by atoms with E-state index in [4.69, 9.17) is 10.8 Å². The van der Waals surface area contributed by atoms with Crippen molar-refractivity contribution in [2.75, 3.05) is 6.54 Å². The SMILES string of the molecule is CC1(C)C[C@]1(CN)C(=O)O. The summed E-state index contributed by atoms with van der Waals surface area (Å²) in [6, 6.07) is 0. The molecule has 0 radical (unpaired) electrons. The van der Waals surface area contributed by atoms with E-state index in [-0.39, 0.29) is 12.0 Å². The molecule has 0 aromatic rings. The molecular formula is C7H13NO2. The van der Waals surface area contributed by atoms with Crippen molar-refractivity contribution in [3.63, 3.8) is 0 Å². The maximum atomic E-state index is 10.7. The van der Waals surface area contributed by atoms with Crippen molar-refractivity contribution in [1.82, 2.24) is 0 Å². The molecule has 3 nitrogen and oxygen atoms in total. The highest BCUT2D eigenvalue weighted by Gasteiger charge is 2.65. The molecule has 3 N–H and O–H groups in total. The van der Waals surface area contributed by atoms with Crippen LogP contribution in [-0.2, 0) is 4.79 Å². The van der Waals surface area contributed by atoms with Crippen LogP contribution in [-0.4, -0.2) is 17.6 Å². The largest absolute Gasteiger partial charge is 0.481 e. The Hall–Kier alpha value is -0.570. The summed E-state index contributed by atoms with van der Waals surface area (Å²) >= 11 is 0. The number of carboxylic acid groups (broad SMARTS) is 1. The number of rotatable bonds is 2. The fraction of sp³-hybridized carbons (Fsp3) is 0.857. The molecule has 0 aromatic heterocycles. The highest BCUT2D eigenvalue weighted by atomic mass is 16.4. The summed E-state index contributed by atoms with van der Waals surface area (Å²) in [6.07, 6.45) is 0.714.